The Morgan fingerprint density at radius 2 is 1.83 bits per heavy atom. The van der Waals surface area contributed by atoms with Gasteiger partial charge in [-0.05, 0) is 99.0 Å². The minimum Gasteiger partial charge on any atom is -0.464 e. The van der Waals surface area contributed by atoms with Crippen LogP contribution in [0.4, 0.5) is 0 Å². The van der Waals surface area contributed by atoms with Gasteiger partial charge in [0.25, 0.3) is 5.91 Å². The van der Waals surface area contributed by atoms with Crippen molar-refractivity contribution >= 4 is 34.6 Å². The molecule has 3 saturated heterocycles. The Kier molecular flexibility index (Phi) is 15.9. The number of hydrogen-bond donors (Lipinski definition) is 2. The van der Waals surface area contributed by atoms with Gasteiger partial charge in [-0.1, -0.05) is 58.0 Å². The average molecular weight is 948 g/mol. The van der Waals surface area contributed by atoms with Crippen molar-refractivity contribution in [1.82, 2.24) is 35.1 Å². The number of esters is 1. The highest BCUT2D eigenvalue weighted by Crippen LogP contribution is 2.42. The quantitative estimate of drug-likeness (QED) is 0.144. The molecule has 15 heteroatoms. The van der Waals surface area contributed by atoms with Crippen LogP contribution in [0.2, 0.25) is 0 Å². The van der Waals surface area contributed by atoms with Gasteiger partial charge in [-0.2, -0.15) is 0 Å². The first kappa shape index (κ1) is 50.2. The number of nitrogens with one attached hydrogen (secondary N) is 2. The minimum absolute atomic E-state index is 0.0947. The number of benzene rings is 2. The summed E-state index contributed by atoms with van der Waals surface area (Å²) in [5.41, 5.74) is 10.7. The predicted octanol–water partition coefficient (Wildman–Crippen LogP) is 6.36. The lowest BCUT2D eigenvalue weighted by molar-refractivity contribution is -0.155. The summed E-state index contributed by atoms with van der Waals surface area (Å²) in [5.74, 6) is -1.57. The van der Waals surface area contributed by atoms with E-state index in [1.165, 1.54) is 5.01 Å². The molecule has 372 valence electrons. The number of likely N-dealkylation sites (tertiary alicyclic amines) is 1. The number of hydrazine groups is 1. The second-order valence-electron chi connectivity index (χ2n) is 20.7. The number of fused-ring (bicyclic) bond motifs is 6. The number of hydrogen-bond acceptors (Lipinski definition) is 11. The number of cyclic esters (lactones) is 1. The van der Waals surface area contributed by atoms with Gasteiger partial charge in [-0.15, -0.1) is 0 Å². The number of morpholine rings is 1. The molecule has 15 nitrogen and oxygen atoms in total. The van der Waals surface area contributed by atoms with Crippen LogP contribution < -0.4 is 10.7 Å². The maximum absolute atomic E-state index is 14.7. The summed E-state index contributed by atoms with van der Waals surface area (Å²) in [4.78, 5) is 64.9. The molecule has 0 saturated carbocycles. The van der Waals surface area contributed by atoms with Crippen LogP contribution in [0, 0.1) is 17.3 Å². The van der Waals surface area contributed by atoms with Crippen LogP contribution >= 0.6 is 0 Å². The summed E-state index contributed by atoms with van der Waals surface area (Å²) in [5, 5.41) is 5.74. The van der Waals surface area contributed by atoms with E-state index >= 15 is 0 Å². The van der Waals surface area contributed by atoms with Crippen LogP contribution in [0.15, 0.2) is 60.8 Å². The molecular formula is C54H73N7O8. The number of rotatable bonds is 13. The van der Waals surface area contributed by atoms with Crippen LogP contribution in [-0.2, 0) is 57.5 Å². The number of carbonyl (C=O) groups excluding carboxylic acids is 4. The Labute approximate surface area is 407 Å². The van der Waals surface area contributed by atoms with Crippen LogP contribution in [-0.4, -0.2) is 139 Å². The largest absolute Gasteiger partial charge is 0.464 e. The van der Waals surface area contributed by atoms with E-state index in [0.717, 1.165) is 76.2 Å². The molecule has 8 rings (SSSR count). The molecule has 3 amide bonds. The predicted molar refractivity (Wildman–Crippen MR) is 265 cm³/mol. The number of pyridine rings is 1. The SMILES string of the molecule is CCn1c(-c2cccnc2[C@H](C)OC)c2c3cc(ccc31)-c1cccc(c1)C[C@H](NC(=O)C(COC1CN(C(=O)CC[C@H]3COCCN3C)C1)C(C)C)C(=O)N1CCC[C@H](N1)C(=O)OCC(C)(C)C2. The molecule has 0 radical (unpaired) electrons. The van der Waals surface area contributed by atoms with Crippen molar-refractivity contribution in [3.8, 4) is 22.4 Å². The Morgan fingerprint density at radius 1 is 1.03 bits per heavy atom. The summed E-state index contributed by atoms with van der Waals surface area (Å²) >= 11 is 0. The third kappa shape index (κ3) is 11.4. The molecule has 1 unspecified atom stereocenters. The van der Waals surface area contributed by atoms with Gasteiger partial charge >= 0.3 is 5.97 Å². The molecule has 2 N–H and O–H groups in total. The molecule has 4 aromatic rings. The molecule has 69 heavy (non-hydrogen) atoms. The van der Waals surface area contributed by atoms with Crippen molar-refractivity contribution in [2.45, 2.75) is 117 Å². The number of carbonyl (C=O) groups is 4. The number of aromatic nitrogens is 2. The molecule has 6 bridgehead atoms. The van der Waals surface area contributed by atoms with Gasteiger partial charge in [0.05, 0.1) is 55.9 Å². The highest BCUT2D eigenvalue weighted by atomic mass is 16.5. The highest BCUT2D eigenvalue weighted by Gasteiger charge is 2.38. The van der Waals surface area contributed by atoms with Crippen molar-refractivity contribution in [3.63, 3.8) is 0 Å². The van der Waals surface area contributed by atoms with E-state index in [9.17, 15) is 19.2 Å². The smallest absolute Gasteiger partial charge is 0.324 e. The second kappa shape index (κ2) is 21.8. The van der Waals surface area contributed by atoms with Crippen LogP contribution in [0.1, 0.15) is 90.2 Å². The van der Waals surface area contributed by atoms with E-state index in [1.807, 2.05) is 43.9 Å². The van der Waals surface area contributed by atoms with Crippen LogP contribution in [0.3, 0.4) is 0 Å². The molecule has 6 heterocycles. The first-order valence-corrected chi connectivity index (χ1v) is 25.1. The molecule has 4 aliphatic heterocycles. The van der Waals surface area contributed by atoms with Crippen molar-refractivity contribution in [3.05, 3.63) is 77.6 Å². The summed E-state index contributed by atoms with van der Waals surface area (Å²) in [6.45, 7) is 17.0. The molecule has 0 spiro atoms. The van der Waals surface area contributed by atoms with Gasteiger partial charge in [0, 0.05) is 86.8 Å². The minimum atomic E-state index is -0.946. The van der Waals surface area contributed by atoms with Crippen LogP contribution in [0.25, 0.3) is 33.3 Å². The lowest BCUT2D eigenvalue weighted by Gasteiger charge is -2.40. The van der Waals surface area contributed by atoms with Gasteiger partial charge in [-0.25, -0.2) is 5.43 Å². The Bertz CT molecular complexity index is 2480. The number of aryl methyl sites for hydroxylation is 1. The zero-order valence-electron chi connectivity index (χ0n) is 41.9. The molecule has 0 aliphatic carbocycles. The Balaban J connectivity index is 1.06. The fourth-order valence-electron chi connectivity index (χ4n) is 10.3. The van der Waals surface area contributed by atoms with E-state index in [-0.39, 0.29) is 61.5 Å². The van der Waals surface area contributed by atoms with E-state index in [1.54, 1.807) is 13.3 Å². The second-order valence-corrected chi connectivity index (χ2v) is 20.7. The Morgan fingerprint density at radius 3 is 2.58 bits per heavy atom. The summed E-state index contributed by atoms with van der Waals surface area (Å²) in [7, 11) is 3.77. The standard InChI is InChI=1S/C54H73N7O8/c1-9-60-47-19-17-38-27-42(47)43(50(60)41-15-11-21-55-49(41)35(4)66-8)28-54(5,6)33-69-53(65)45-16-12-22-61(57-45)52(64)46(26-36-13-10-14-37(38)25-36)56-51(63)44(34(2)3)32-68-40-29-59(30-40)48(62)20-18-39-31-67-24-23-58(39)7/h10-11,13-15,17,19,21,25,27,34-35,39-40,44-46,57H,9,12,16,18,20,22-24,26,28-33H2,1-8H3,(H,56,63)/t35-,39-,44?,45-,46-/m0/s1. The number of amides is 3. The Hall–Kier alpha value is -5.19. The highest BCUT2D eigenvalue weighted by molar-refractivity contribution is 5.95. The van der Waals surface area contributed by atoms with E-state index in [2.05, 4.69) is 84.4 Å². The summed E-state index contributed by atoms with van der Waals surface area (Å²) in [6, 6.07) is 17.4. The number of ether oxygens (including phenoxy) is 4. The van der Waals surface area contributed by atoms with Crippen molar-refractivity contribution in [2.75, 3.05) is 66.8 Å². The first-order valence-electron chi connectivity index (χ1n) is 25.1. The number of nitrogens with zero attached hydrogens (tertiary/aromatic N) is 5. The van der Waals surface area contributed by atoms with E-state index in [4.69, 9.17) is 23.9 Å². The van der Waals surface area contributed by atoms with Gasteiger partial charge in [0.2, 0.25) is 11.8 Å². The monoisotopic (exact) mass is 948 g/mol. The first-order chi connectivity index (χ1) is 33.1. The normalized spacial score (nSPS) is 22.5. The lowest BCUT2D eigenvalue weighted by Crippen LogP contribution is -2.61. The van der Waals surface area contributed by atoms with Crippen molar-refractivity contribution in [2.24, 2.45) is 17.3 Å². The third-order valence-electron chi connectivity index (χ3n) is 14.7. The maximum Gasteiger partial charge on any atom is 0.324 e. The fourth-order valence-corrected chi connectivity index (χ4v) is 10.3. The van der Waals surface area contributed by atoms with Gasteiger partial charge < -0.3 is 33.7 Å². The fraction of sp³-hybridized carbons (Fsp3) is 0.574. The topological polar surface area (TPSA) is 157 Å². The molecular weight excluding hydrogens is 875 g/mol. The molecule has 2 aromatic heterocycles. The molecule has 4 aliphatic rings. The lowest BCUT2D eigenvalue weighted by atomic mass is 9.84. The number of likely N-dealkylation sites (N-methyl/N-ethyl adjacent to an activating group) is 1. The average Bonchev–Trinajstić information content (AvgIpc) is 3.63. The van der Waals surface area contributed by atoms with Gasteiger partial charge in [0.1, 0.15) is 12.1 Å². The molecule has 2 aromatic carbocycles. The van der Waals surface area contributed by atoms with Gasteiger partial charge in [0.15, 0.2) is 0 Å². The maximum atomic E-state index is 14.7. The third-order valence-corrected chi connectivity index (χ3v) is 14.7. The van der Waals surface area contributed by atoms with Crippen molar-refractivity contribution in [1.29, 1.82) is 0 Å². The number of methoxy groups -OCH3 is 1. The summed E-state index contributed by atoms with van der Waals surface area (Å²) in [6.07, 6.45) is 4.53. The molecule has 5 atom stereocenters. The van der Waals surface area contributed by atoms with E-state index < -0.39 is 29.4 Å². The van der Waals surface area contributed by atoms with Crippen molar-refractivity contribution < 1.29 is 38.1 Å². The zero-order valence-corrected chi connectivity index (χ0v) is 41.9. The van der Waals surface area contributed by atoms with E-state index in [0.29, 0.717) is 51.9 Å². The summed E-state index contributed by atoms with van der Waals surface area (Å²) < 4.78 is 26.2. The molecule has 3 fully saturated rings. The van der Waals surface area contributed by atoms with Gasteiger partial charge in [-0.3, -0.25) is 34.1 Å². The zero-order chi connectivity index (χ0) is 49.0. The van der Waals surface area contributed by atoms with Crippen LogP contribution in [0.5, 0.6) is 0 Å².